The Hall–Kier alpha value is -1.72. The van der Waals surface area contributed by atoms with Crippen LogP contribution in [0.5, 0.6) is 0 Å². The third-order valence-corrected chi connectivity index (χ3v) is 6.31. The van der Waals surface area contributed by atoms with Gasteiger partial charge in [-0.05, 0) is 13.8 Å². The first-order valence-corrected chi connectivity index (χ1v) is 8.33. The van der Waals surface area contributed by atoms with Gasteiger partial charge in [0.05, 0.1) is 10.6 Å². The van der Waals surface area contributed by atoms with Crippen molar-refractivity contribution in [3.63, 3.8) is 0 Å². The number of nitrogen functional groups attached to an aromatic ring is 1. The standard InChI is InChI=1S/C9H10N4O4S3/c1-4-5(2)18-9(11-4)12-20(16,17)7-3-6(13(14)15)8(10)19-7/h3H,10H2,1-2H3,(H,11,12). The van der Waals surface area contributed by atoms with Crippen LogP contribution in [0.15, 0.2) is 10.3 Å². The molecule has 0 aliphatic heterocycles. The fourth-order valence-corrected chi connectivity index (χ4v) is 4.59. The van der Waals surface area contributed by atoms with Crippen LogP contribution in [0.1, 0.15) is 10.6 Å². The normalized spacial score (nSPS) is 11.5. The molecule has 8 nitrogen and oxygen atoms in total. The Morgan fingerprint density at radius 2 is 2.05 bits per heavy atom. The van der Waals surface area contributed by atoms with Crippen LogP contribution in [0.4, 0.5) is 15.8 Å². The van der Waals surface area contributed by atoms with E-state index in [9.17, 15) is 18.5 Å². The topological polar surface area (TPSA) is 128 Å². The van der Waals surface area contributed by atoms with Crippen molar-refractivity contribution >= 4 is 48.5 Å². The second-order valence-electron chi connectivity index (χ2n) is 3.84. The smallest absolute Gasteiger partial charge is 0.304 e. The number of thiazole rings is 1. The Kier molecular flexibility index (Phi) is 3.67. The number of nitro groups is 1. The molecule has 0 aromatic carbocycles. The first-order chi connectivity index (χ1) is 9.20. The Balaban J connectivity index is 2.35. The van der Waals surface area contributed by atoms with Gasteiger partial charge >= 0.3 is 5.69 Å². The Morgan fingerprint density at radius 3 is 2.50 bits per heavy atom. The van der Waals surface area contributed by atoms with Crippen molar-refractivity contribution in [3.8, 4) is 0 Å². The quantitative estimate of drug-likeness (QED) is 0.651. The van der Waals surface area contributed by atoms with Crippen molar-refractivity contribution in [1.82, 2.24) is 4.98 Å². The molecule has 108 valence electrons. The van der Waals surface area contributed by atoms with E-state index in [0.29, 0.717) is 11.3 Å². The fraction of sp³-hybridized carbons (Fsp3) is 0.222. The first kappa shape index (κ1) is 14.7. The molecule has 0 saturated heterocycles. The Bertz CT molecular complexity index is 758. The second-order valence-corrected chi connectivity index (χ2v) is 8.03. The van der Waals surface area contributed by atoms with Gasteiger partial charge < -0.3 is 5.73 Å². The van der Waals surface area contributed by atoms with Crippen molar-refractivity contribution in [1.29, 1.82) is 0 Å². The van der Waals surface area contributed by atoms with Gasteiger partial charge in [0.15, 0.2) is 10.1 Å². The van der Waals surface area contributed by atoms with E-state index in [-0.39, 0.29) is 14.3 Å². The van der Waals surface area contributed by atoms with Gasteiger partial charge in [-0.25, -0.2) is 13.4 Å². The van der Waals surface area contributed by atoms with E-state index in [4.69, 9.17) is 5.73 Å². The van der Waals surface area contributed by atoms with Crippen LogP contribution in [0, 0.1) is 24.0 Å². The molecule has 0 fully saturated rings. The number of thiophene rings is 1. The van der Waals surface area contributed by atoms with Crippen molar-refractivity contribution < 1.29 is 13.3 Å². The number of anilines is 2. The van der Waals surface area contributed by atoms with Crippen LogP contribution in [-0.2, 0) is 10.0 Å². The average molecular weight is 334 g/mol. The average Bonchev–Trinajstić information content (AvgIpc) is 2.83. The van der Waals surface area contributed by atoms with E-state index in [1.165, 1.54) is 11.3 Å². The maximum absolute atomic E-state index is 12.1. The van der Waals surface area contributed by atoms with Gasteiger partial charge in [-0.3, -0.25) is 14.8 Å². The maximum atomic E-state index is 12.1. The number of sulfonamides is 1. The van der Waals surface area contributed by atoms with E-state index in [0.717, 1.165) is 16.6 Å². The molecule has 0 radical (unpaired) electrons. The van der Waals surface area contributed by atoms with E-state index in [2.05, 4.69) is 9.71 Å². The van der Waals surface area contributed by atoms with E-state index in [1.807, 2.05) is 6.92 Å². The van der Waals surface area contributed by atoms with Crippen LogP contribution in [0.2, 0.25) is 0 Å². The van der Waals surface area contributed by atoms with Crippen LogP contribution in [0.3, 0.4) is 0 Å². The lowest BCUT2D eigenvalue weighted by Crippen LogP contribution is -2.11. The van der Waals surface area contributed by atoms with Crippen molar-refractivity contribution in [2.45, 2.75) is 18.1 Å². The third-order valence-electron chi connectivity index (χ3n) is 2.43. The minimum Gasteiger partial charge on any atom is -0.385 e. The highest BCUT2D eigenvalue weighted by atomic mass is 32.2. The number of aryl methyl sites for hydroxylation is 2. The van der Waals surface area contributed by atoms with Gasteiger partial charge in [-0.15, -0.1) is 11.3 Å². The molecular formula is C9H10N4O4S3. The molecule has 0 bridgehead atoms. The monoisotopic (exact) mass is 334 g/mol. The molecule has 0 aliphatic carbocycles. The zero-order valence-corrected chi connectivity index (χ0v) is 12.9. The lowest BCUT2D eigenvalue weighted by molar-refractivity contribution is -0.383. The van der Waals surface area contributed by atoms with Crippen LogP contribution >= 0.6 is 22.7 Å². The molecule has 0 spiro atoms. The summed E-state index contributed by atoms with van der Waals surface area (Å²) in [6.45, 7) is 3.58. The summed E-state index contributed by atoms with van der Waals surface area (Å²) in [5.41, 5.74) is 5.74. The highest BCUT2D eigenvalue weighted by molar-refractivity contribution is 7.95. The number of rotatable bonds is 4. The van der Waals surface area contributed by atoms with Crippen LogP contribution in [-0.4, -0.2) is 18.3 Å². The number of nitrogens with two attached hydrogens (primary N) is 1. The maximum Gasteiger partial charge on any atom is 0.304 e. The van der Waals surface area contributed by atoms with Gasteiger partial charge in [0.2, 0.25) is 0 Å². The minimum absolute atomic E-state index is 0.151. The molecule has 2 aromatic rings. The lowest BCUT2D eigenvalue weighted by atomic mass is 10.4. The fourth-order valence-electron chi connectivity index (χ4n) is 1.33. The molecule has 0 aliphatic rings. The summed E-state index contributed by atoms with van der Waals surface area (Å²) < 4.78 is 26.3. The van der Waals surface area contributed by atoms with Crippen molar-refractivity contribution in [3.05, 3.63) is 26.8 Å². The van der Waals surface area contributed by atoms with Crippen molar-refractivity contribution in [2.75, 3.05) is 10.5 Å². The van der Waals surface area contributed by atoms with Gasteiger partial charge in [-0.2, -0.15) is 0 Å². The molecule has 0 saturated carbocycles. The lowest BCUT2D eigenvalue weighted by Gasteiger charge is -2.00. The summed E-state index contributed by atoms with van der Waals surface area (Å²) >= 11 is 1.83. The SMILES string of the molecule is Cc1nc(NS(=O)(=O)c2cc([N+](=O)[O-])c(N)s2)sc1C. The zero-order chi connectivity index (χ0) is 15.1. The third kappa shape index (κ3) is 2.73. The molecule has 0 amide bonds. The zero-order valence-electron chi connectivity index (χ0n) is 10.4. The van der Waals surface area contributed by atoms with Gasteiger partial charge in [0, 0.05) is 10.9 Å². The molecule has 11 heteroatoms. The van der Waals surface area contributed by atoms with E-state index < -0.39 is 20.6 Å². The Morgan fingerprint density at radius 1 is 1.40 bits per heavy atom. The summed E-state index contributed by atoms with van der Waals surface area (Å²) in [6, 6.07) is 0.940. The molecule has 0 atom stereocenters. The van der Waals surface area contributed by atoms with Crippen LogP contribution in [0.25, 0.3) is 0 Å². The summed E-state index contributed by atoms with van der Waals surface area (Å²) in [5.74, 6) is 0. The summed E-state index contributed by atoms with van der Waals surface area (Å²) in [5, 5.41) is 10.7. The molecule has 3 N–H and O–H groups in total. The summed E-state index contributed by atoms with van der Waals surface area (Å²) in [6.07, 6.45) is 0. The second kappa shape index (κ2) is 5.00. The van der Waals surface area contributed by atoms with Gasteiger partial charge in [0.25, 0.3) is 10.0 Å². The summed E-state index contributed by atoms with van der Waals surface area (Å²) in [7, 11) is -3.92. The van der Waals surface area contributed by atoms with E-state index in [1.54, 1.807) is 6.92 Å². The predicted octanol–water partition coefficient (Wildman–Crippen LogP) is 2.11. The minimum atomic E-state index is -3.92. The number of hydrogen-bond donors (Lipinski definition) is 2. The Labute approximate surface area is 122 Å². The van der Waals surface area contributed by atoms with Crippen molar-refractivity contribution in [2.24, 2.45) is 0 Å². The predicted molar refractivity (Wildman–Crippen MR) is 77.8 cm³/mol. The molecule has 20 heavy (non-hydrogen) atoms. The van der Waals surface area contributed by atoms with Gasteiger partial charge in [0.1, 0.15) is 4.21 Å². The molecule has 2 heterocycles. The molecule has 2 aromatic heterocycles. The van der Waals surface area contributed by atoms with Gasteiger partial charge in [-0.1, -0.05) is 11.3 Å². The number of aromatic nitrogens is 1. The first-order valence-electron chi connectivity index (χ1n) is 5.21. The van der Waals surface area contributed by atoms with Crippen LogP contribution < -0.4 is 10.5 Å². The number of hydrogen-bond acceptors (Lipinski definition) is 8. The molecule has 0 unspecified atom stereocenters. The highest BCUT2D eigenvalue weighted by Crippen LogP contribution is 2.35. The largest absolute Gasteiger partial charge is 0.385 e. The van der Waals surface area contributed by atoms with E-state index >= 15 is 0 Å². The highest BCUT2D eigenvalue weighted by Gasteiger charge is 2.25. The summed E-state index contributed by atoms with van der Waals surface area (Å²) in [4.78, 5) is 14.9. The number of nitrogens with one attached hydrogen (secondary N) is 1. The molecular weight excluding hydrogens is 324 g/mol. The molecule has 2 rings (SSSR count). The number of nitrogens with zero attached hydrogens (tertiary/aromatic N) is 2.